The fraction of sp³-hybridized carbons (Fsp3) is 0.250. The van der Waals surface area contributed by atoms with Gasteiger partial charge in [-0.25, -0.2) is 0 Å². The van der Waals surface area contributed by atoms with Crippen LogP contribution in [0.2, 0.25) is 0 Å². The van der Waals surface area contributed by atoms with Gasteiger partial charge in [0, 0.05) is 22.5 Å². The van der Waals surface area contributed by atoms with Crippen LogP contribution in [-0.2, 0) is 6.42 Å². The molecule has 1 aliphatic heterocycles. The highest BCUT2D eigenvalue weighted by Gasteiger charge is 2.18. The van der Waals surface area contributed by atoms with Crippen molar-refractivity contribution >= 4 is 23.0 Å². The smallest absolute Gasteiger partial charge is 0.251 e. The highest BCUT2D eigenvalue weighted by molar-refractivity contribution is 7.14. The second-order valence-electron chi connectivity index (χ2n) is 4.97. The number of benzene rings is 1. The van der Waals surface area contributed by atoms with Gasteiger partial charge in [-0.05, 0) is 43.5 Å². The van der Waals surface area contributed by atoms with Crippen molar-refractivity contribution in [2.24, 2.45) is 0 Å². The molecule has 1 N–H and O–H groups in total. The Hall–Kier alpha value is -1.94. The predicted octanol–water partition coefficient (Wildman–Crippen LogP) is 2.96. The summed E-state index contributed by atoms with van der Waals surface area (Å²) in [6, 6.07) is 9.25. The molecule has 0 saturated heterocycles. The normalized spacial score (nSPS) is 14.3. The van der Waals surface area contributed by atoms with Crippen molar-refractivity contribution in [1.82, 2.24) is 5.32 Å². The molecule has 3 rings (SSSR count). The number of hydrogen-bond donors (Lipinski definition) is 1. The minimum absolute atomic E-state index is 0.0112. The van der Waals surface area contributed by atoms with E-state index in [9.17, 15) is 9.59 Å². The van der Waals surface area contributed by atoms with Crippen LogP contribution in [0.1, 0.15) is 42.5 Å². The van der Waals surface area contributed by atoms with E-state index in [4.69, 9.17) is 0 Å². The summed E-state index contributed by atoms with van der Waals surface area (Å²) >= 11 is 1.48. The lowest BCUT2D eigenvalue weighted by Crippen LogP contribution is -2.22. The maximum atomic E-state index is 12.4. The molecule has 0 aliphatic carbocycles. The lowest BCUT2D eigenvalue weighted by Gasteiger charge is -2.06. The molecule has 0 fully saturated rings. The summed E-state index contributed by atoms with van der Waals surface area (Å²) in [6.07, 6.45) is 1.82. The van der Waals surface area contributed by atoms with Gasteiger partial charge >= 0.3 is 0 Å². The quantitative estimate of drug-likeness (QED) is 0.862. The summed E-state index contributed by atoms with van der Waals surface area (Å²) in [5.74, 6) is -0.0857. The predicted molar refractivity (Wildman–Crippen MR) is 79.6 cm³/mol. The Kier molecular flexibility index (Phi) is 3.40. The largest absolute Gasteiger partial charge is 0.352 e. The highest BCUT2D eigenvalue weighted by atomic mass is 32.1. The van der Waals surface area contributed by atoms with E-state index in [-0.39, 0.29) is 11.7 Å². The van der Waals surface area contributed by atoms with Crippen molar-refractivity contribution in [1.29, 1.82) is 0 Å². The van der Waals surface area contributed by atoms with E-state index in [1.165, 1.54) is 11.3 Å². The Morgan fingerprint density at radius 1 is 1.25 bits per heavy atom. The van der Waals surface area contributed by atoms with E-state index in [0.29, 0.717) is 17.7 Å². The van der Waals surface area contributed by atoms with E-state index in [1.807, 2.05) is 31.2 Å². The number of thiophene rings is 1. The van der Waals surface area contributed by atoms with Crippen LogP contribution in [0.25, 0.3) is 0 Å². The van der Waals surface area contributed by atoms with Gasteiger partial charge in [0.2, 0.25) is 5.78 Å². The lowest BCUT2D eigenvalue weighted by atomic mass is 9.98. The summed E-state index contributed by atoms with van der Waals surface area (Å²) in [6.45, 7) is 2.67. The summed E-state index contributed by atoms with van der Waals surface area (Å²) in [4.78, 5) is 26.2. The first-order valence-electron chi connectivity index (χ1n) is 6.67. The van der Waals surface area contributed by atoms with E-state index in [0.717, 1.165) is 28.2 Å². The van der Waals surface area contributed by atoms with Crippen LogP contribution in [0.3, 0.4) is 0 Å². The molecule has 1 aromatic heterocycles. The van der Waals surface area contributed by atoms with E-state index in [2.05, 4.69) is 5.32 Å². The van der Waals surface area contributed by atoms with Gasteiger partial charge in [-0.2, -0.15) is 0 Å². The molecular weight excluding hydrogens is 270 g/mol. The maximum absolute atomic E-state index is 12.4. The van der Waals surface area contributed by atoms with Gasteiger partial charge in [0.05, 0.1) is 4.88 Å². The van der Waals surface area contributed by atoms with E-state index < -0.39 is 0 Å². The number of rotatable bonds is 2. The number of nitrogens with one attached hydrogen (secondary N) is 1. The molecule has 2 heterocycles. The second kappa shape index (κ2) is 5.21. The first-order chi connectivity index (χ1) is 9.65. The van der Waals surface area contributed by atoms with E-state index in [1.54, 1.807) is 6.07 Å². The molecule has 1 aromatic carbocycles. The Labute approximate surface area is 121 Å². The van der Waals surface area contributed by atoms with Gasteiger partial charge in [0.25, 0.3) is 5.91 Å². The SMILES string of the molecule is Cc1ccc(C(=O)c2ccc3c(c2)C(=O)NCCC3)s1. The number of amides is 1. The zero-order valence-electron chi connectivity index (χ0n) is 11.2. The van der Waals surface area contributed by atoms with Crippen molar-refractivity contribution in [3.8, 4) is 0 Å². The van der Waals surface area contributed by atoms with Crippen LogP contribution < -0.4 is 5.32 Å². The third-order valence-electron chi connectivity index (χ3n) is 3.49. The molecule has 0 radical (unpaired) electrons. The molecule has 1 amide bonds. The van der Waals surface area contributed by atoms with E-state index >= 15 is 0 Å². The Morgan fingerprint density at radius 2 is 2.10 bits per heavy atom. The van der Waals surface area contributed by atoms with Crippen LogP contribution in [-0.4, -0.2) is 18.2 Å². The van der Waals surface area contributed by atoms with Crippen molar-refractivity contribution in [3.05, 3.63) is 56.8 Å². The third kappa shape index (κ3) is 2.39. The van der Waals surface area contributed by atoms with Crippen LogP contribution in [0, 0.1) is 6.92 Å². The van der Waals surface area contributed by atoms with Crippen LogP contribution >= 0.6 is 11.3 Å². The molecule has 0 unspecified atom stereocenters. The van der Waals surface area contributed by atoms with Crippen molar-refractivity contribution in [3.63, 3.8) is 0 Å². The Bertz CT molecular complexity index is 688. The third-order valence-corrected chi connectivity index (χ3v) is 4.49. The standard InChI is InChI=1S/C16H15NO2S/c1-10-4-7-14(20-10)15(18)12-6-5-11-3-2-8-17-16(19)13(11)9-12/h4-7,9H,2-3,8H2,1H3,(H,17,19). The van der Waals surface area contributed by atoms with Gasteiger partial charge < -0.3 is 5.32 Å². The zero-order chi connectivity index (χ0) is 14.1. The molecule has 0 saturated carbocycles. The number of hydrogen-bond acceptors (Lipinski definition) is 3. The fourth-order valence-electron chi connectivity index (χ4n) is 2.42. The number of aryl methyl sites for hydroxylation is 2. The molecule has 4 heteroatoms. The molecule has 102 valence electrons. The topological polar surface area (TPSA) is 46.2 Å². The molecular formula is C16H15NO2S. The molecule has 20 heavy (non-hydrogen) atoms. The number of carbonyl (C=O) groups excluding carboxylic acids is 2. The summed E-state index contributed by atoms with van der Waals surface area (Å²) in [5, 5.41) is 2.86. The monoisotopic (exact) mass is 285 g/mol. The average Bonchev–Trinajstić information content (AvgIpc) is 2.80. The lowest BCUT2D eigenvalue weighted by molar-refractivity contribution is 0.0956. The van der Waals surface area contributed by atoms with Gasteiger partial charge in [-0.1, -0.05) is 12.1 Å². The van der Waals surface area contributed by atoms with Crippen LogP contribution in [0.15, 0.2) is 30.3 Å². The minimum Gasteiger partial charge on any atom is -0.352 e. The molecule has 0 spiro atoms. The highest BCUT2D eigenvalue weighted by Crippen LogP contribution is 2.22. The first kappa shape index (κ1) is 13.1. The summed E-state index contributed by atoms with van der Waals surface area (Å²) in [5.41, 5.74) is 2.25. The van der Waals surface area contributed by atoms with Gasteiger partial charge in [0.1, 0.15) is 0 Å². The average molecular weight is 285 g/mol. The Balaban J connectivity index is 1.99. The van der Waals surface area contributed by atoms with Gasteiger partial charge in [-0.15, -0.1) is 11.3 Å². The minimum atomic E-state index is -0.0745. The summed E-state index contributed by atoms with van der Waals surface area (Å²) in [7, 11) is 0. The maximum Gasteiger partial charge on any atom is 0.251 e. The Morgan fingerprint density at radius 3 is 2.85 bits per heavy atom. The number of ketones is 1. The fourth-order valence-corrected chi connectivity index (χ4v) is 3.25. The molecule has 0 bridgehead atoms. The number of fused-ring (bicyclic) bond motifs is 1. The van der Waals surface area contributed by atoms with Crippen molar-refractivity contribution in [2.75, 3.05) is 6.54 Å². The zero-order valence-corrected chi connectivity index (χ0v) is 12.0. The number of carbonyl (C=O) groups is 2. The molecule has 2 aromatic rings. The van der Waals surface area contributed by atoms with Crippen LogP contribution in [0.5, 0.6) is 0 Å². The molecule has 3 nitrogen and oxygen atoms in total. The first-order valence-corrected chi connectivity index (χ1v) is 7.49. The van der Waals surface area contributed by atoms with Crippen molar-refractivity contribution < 1.29 is 9.59 Å². The molecule has 1 aliphatic rings. The summed E-state index contributed by atoms with van der Waals surface area (Å²) < 4.78 is 0. The van der Waals surface area contributed by atoms with Crippen LogP contribution in [0.4, 0.5) is 0 Å². The second-order valence-corrected chi connectivity index (χ2v) is 6.26. The van der Waals surface area contributed by atoms with Gasteiger partial charge in [0.15, 0.2) is 0 Å². The molecule has 0 atom stereocenters. The van der Waals surface area contributed by atoms with Crippen molar-refractivity contribution in [2.45, 2.75) is 19.8 Å². The van der Waals surface area contributed by atoms with Gasteiger partial charge in [-0.3, -0.25) is 9.59 Å².